The van der Waals surface area contributed by atoms with Gasteiger partial charge in [0.1, 0.15) is 0 Å². The maximum absolute atomic E-state index is 5.93. The third-order valence-corrected chi connectivity index (χ3v) is 3.69. The molecule has 2 N–H and O–H groups in total. The van der Waals surface area contributed by atoms with Crippen molar-refractivity contribution in [3.8, 4) is 11.1 Å². The summed E-state index contributed by atoms with van der Waals surface area (Å²) >= 11 is 0. The van der Waals surface area contributed by atoms with Gasteiger partial charge in [0.15, 0.2) is 0 Å². The van der Waals surface area contributed by atoms with E-state index in [1.54, 1.807) is 0 Å². The summed E-state index contributed by atoms with van der Waals surface area (Å²) in [5.41, 5.74) is 10.2. The Morgan fingerprint density at radius 3 is 2.32 bits per heavy atom. The molecule has 1 aromatic carbocycles. The molecule has 0 aliphatic carbocycles. The van der Waals surface area contributed by atoms with Gasteiger partial charge in [-0.3, -0.25) is 0 Å². The maximum Gasteiger partial charge on any atom is 0.230 e. The highest BCUT2D eigenvalue weighted by Gasteiger charge is 2.19. The van der Waals surface area contributed by atoms with Crippen LogP contribution in [0.5, 0.6) is 0 Å². The molecular formula is C16H22N2O. The van der Waals surface area contributed by atoms with Gasteiger partial charge in [-0.15, -0.1) is 0 Å². The number of nitrogens with zero attached hydrogens (tertiary/aromatic N) is 1. The molecule has 0 spiro atoms. The fourth-order valence-corrected chi connectivity index (χ4v) is 2.17. The van der Waals surface area contributed by atoms with Crippen LogP contribution in [0.25, 0.3) is 11.1 Å². The predicted molar refractivity (Wildman–Crippen MR) is 79.1 cm³/mol. The molecular weight excluding hydrogens is 236 g/mol. The van der Waals surface area contributed by atoms with Gasteiger partial charge in [0.05, 0.1) is 11.3 Å². The van der Waals surface area contributed by atoms with Crippen LogP contribution in [-0.2, 0) is 0 Å². The number of nitrogens with two attached hydrogens (primary N) is 1. The maximum atomic E-state index is 5.93. The first-order chi connectivity index (χ1) is 9.04. The highest BCUT2D eigenvalue weighted by Crippen LogP contribution is 2.35. The fourth-order valence-electron chi connectivity index (χ4n) is 2.17. The van der Waals surface area contributed by atoms with Gasteiger partial charge in [0.25, 0.3) is 0 Å². The molecule has 0 aliphatic heterocycles. The van der Waals surface area contributed by atoms with Gasteiger partial charge in [-0.2, -0.15) is 0 Å². The van der Waals surface area contributed by atoms with Crippen LogP contribution >= 0.6 is 0 Å². The zero-order valence-corrected chi connectivity index (χ0v) is 12.1. The number of hydrogen-bond donors (Lipinski definition) is 1. The van der Waals surface area contributed by atoms with Crippen LogP contribution < -0.4 is 5.73 Å². The quantitative estimate of drug-likeness (QED) is 0.874. The van der Waals surface area contributed by atoms with E-state index >= 15 is 0 Å². The van der Waals surface area contributed by atoms with Gasteiger partial charge in [-0.25, -0.2) is 0 Å². The zero-order chi connectivity index (χ0) is 14.0. The largest absolute Gasteiger partial charge is 0.367 e. The topological polar surface area (TPSA) is 52.0 Å². The average molecular weight is 258 g/mol. The van der Waals surface area contributed by atoms with Crippen molar-refractivity contribution in [2.45, 2.75) is 46.0 Å². The highest BCUT2D eigenvalue weighted by atomic mass is 16.5. The van der Waals surface area contributed by atoms with Gasteiger partial charge in [-0.1, -0.05) is 57.1 Å². The molecule has 1 aromatic heterocycles. The summed E-state index contributed by atoms with van der Waals surface area (Å²) in [4.78, 5) is 0. The second kappa shape index (κ2) is 5.47. The summed E-state index contributed by atoms with van der Waals surface area (Å²) in [6, 6.07) is 8.49. The minimum absolute atomic E-state index is 0.348. The number of anilines is 1. The lowest BCUT2D eigenvalue weighted by atomic mass is 9.94. The summed E-state index contributed by atoms with van der Waals surface area (Å²) in [6.45, 7) is 8.66. The van der Waals surface area contributed by atoms with Crippen molar-refractivity contribution in [2.75, 3.05) is 5.73 Å². The summed E-state index contributed by atoms with van der Waals surface area (Å²) in [6.07, 6.45) is 1.02. The second-order valence-corrected chi connectivity index (χ2v) is 5.39. The molecule has 0 radical (unpaired) electrons. The smallest absolute Gasteiger partial charge is 0.230 e. The first-order valence-electron chi connectivity index (χ1n) is 6.90. The van der Waals surface area contributed by atoms with Gasteiger partial charge in [0.2, 0.25) is 5.88 Å². The summed E-state index contributed by atoms with van der Waals surface area (Å²) in [5.74, 6) is 1.29. The van der Waals surface area contributed by atoms with E-state index in [1.807, 2.05) is 0 Å². The number of hydrogen-bond acceptors (Lipinski definition) is 3. The fraction of sp³-hybridized carbons (Fsp3) is 0.438. The van der Waals surface area contributed by atoms with E-state index in [1.165, 1.54) is 5.56 Å². The molecule has 1 heterocycles. The Balaban J connectivity index is 2.43. The molecule has 2 aromatic rings. The van der Waals surface area contributed by atoms with Crippen molar-refractivity contribution in [1.82, 2.24) is 5.16 Å². The predicted octanol–water partition coefficient (Wildman–Crippen LogP) is 4.56. The van der Waals surface area contributed by atoms with Gasteiger partial charge in [-0.05, 0) is 23.5 Å². The van der Waals surface area contributed by atoms with E-state index in [0.29, 0.717) is 17.7 Å². The van der Waals surface area contributed by atoms with Crippen molar-refractivity contribution in [1.29, 1.82) is 0 Å². The van der Waals surface area contributed by atoms with Gasteiger partial charge in [0, 0.05) is 5.92 Å². The van der Waals surface area contributed by atoms with E-state index in [9.17, 15) is 0 Å². The van der Waals surface area contributed by atoms with Gasteiger partial charge >= 0.3 is 0 Å². The Bertz CT molecular complexity index is 540. The van der Waals surface area contributed by atoms with E-state index < -0.39 is 0 Å². The molecule has 0 saturated carbocycles. The standard InChI is InChI=1S/C16H22N2O/c1-5-11(4)15-14(16(17)19-18-15)13-8-6-12(7-9-13)10(2)3/h6-11H,5,17H2,1-4H3. The Kier molecular flexibility index (Phi) is 3.93. The first-order valence-corrected chi connectivity index (χ1v) is 6.90. The number of rotatable bonds is 4. The van der Waals surface area contributed by atoms with Crippen molar-refractivity contribution in [2.24, 2.45) is 0 Å². The lowest BCUT2D eigenvalue weighted by molar-refractivity contribution is 0.421. The van der Waals surface area contributed by atoms with Crippen molar-refractivity contribution in [3.63, 3.8) is 0 Å². The minimum Gasteiger partial charge on any atom is -0.367 e. The van der Waals surface area contributed by atoms with Crippen molar-refractivity contribution >= 4 is 5.88 Å². The monoisotopic (exact) mass is 258 g/mol. The van der Waals surface area contributed by atoms with Crippen molar-refractivity contribution < 1.29 is 4.52 Å². The van der Waals surface area contributed by atoms with E-state index in [0.717, 1.165) is 23.2 Å². The van der Waals surface area contributed by atoms with E-state index in [2.05, 4.69) is 57.1 Å². The number of aromatic nitrogens is 1. The third kappa shape index (κ3) is 2.65. The Hall–Kier alpha value is -1.77. The first kappa shape index (κ1) is 13.7. The summed E-state index contributed by atoms with van der Waals surface area (Å²) in [7, 11) is 0. The summed E-state index contributed by atoms with van der Waals surface area (Å²) in [5, 5.41) is 4.12. The molecule has 102 valence electrons. The molecule has 2 rings (SSSR count). The molecule has 3 nitrogen and oxygen atoms in total. The molecule has 1 unspecified atom stereocenters. The van der Waals surface area contributed by atoms with Crippen LogP contribution in [0, 0.1) is 0 Å². The normalized spacial score (nSPS) is 12.9. The molecule has 1 atom stereocenters. The second-order valence-electron chi connectivity index (χ2n) is 5.39. The van der Waals surface area contributed by atoms with Crippen LogP contribution in [0.2, 0.25) is 0 Å². The molecule has 19 heavy (non-hydrogen) atoms. The van der Waals surface area contributed by atoms with E-state index in [-0.39, 0.29) is 0 Å². The highest BCUT2D eigenvalue weighted by molar-refractivity contribution is 5.75. The van der Waals surface area contributed by atoms with Crippen molar-refractivity contribution in [3.05, 3.63) is 35.5 Å². The molecule has 0 bridgehead atoms. The van der Waals surface area contributed by atoms with Crippen LogP contribution in [0.3, 0.4) is 0 Å². The van der Waals surface area contributed by atoms with Crippen LogP contribution in [0.1, 0.15) is 57.2 Å². The Morgan fingerprint density at radius 1 is 1.16 bits per heavy atom. The SMILES string of the molecule is CCC(C)c1noc(N)c1-c1ccc(C(C)C)cc1. The lowest BCUT2D eigenvalue weighted by Crippen LogP contribution is -1.96. The molecule has 0 aliphatic rings. The van der Waals surface area contributed by atoms with E-state index in [4.69, 9.17) is 10.3 Å². The van der Waals surface area contributed by atoms with Crippen LogP contribution in [0.15, 0.2) is 28.8 Å². The van der Waals surface area contributed by atoms with Crippen LogP contribution in [-0.4, -0.2) is 5.16 Å². The zero-order valence-electron chi connectivity index (χ0n) is 12.1. The Morgan fingerprint density at radius 2 is 1.79 bits per heavy atom. The Labute approximate surface area is 114 Å². The van der Waals surface area contributed by atoms with Gasteiger partial charge < -0.3 is 10.3 Å². The molecule has 0 amide bonds. The van der Waals surface area contributed by atoms with Crippen LogP contribution in [0.4, 0.5) is 5.88 Å². The lowest BCUT2D eigenvalue weighted by Gasteiger charge is -2.09. The summed E-state index contributed by atoms with van der Waals surface area (Å²) < 4.78 is 5.18. The average Bonchev–Trinajstić information content (AvgIpc) is 2.80. The minimum atomic E-state index is 0.348. The molecule has 0 saturated heterocycles. The molecule has 3 heteroatoms. The third-order valence-electron chi connectivity index (χ3n) is 3.69. The number of benzene rings is 1. The molecule has 0 fully saturated rings. The number of nitrogen functional groups attached to an aromatic ring is 1.